The van der Waals surface area contributed by atoms with Crippen LogP contribution in [0.1, 0.15) is 30.6 Å². The largest absolute Gasteiger partial charge is 0.478 e. The number of aromatic carboxylic acids is 1. The minimum atomic E-state index is -3.70. The van der Waals surface area contributed by atoms with Gasteiger partial charge in [-0.15, -0.1) is 0 Å². The van der Waals surface area contributed by atoms with Crippen molar-refractivity contribution in [2.75, 3.05) is 12.3 Å². The molecule has 0 radical (unpaired) electrons. The van der Waals surface area contributed by atoms with Crippen LogP contribution in [-0.2, 0) is 10.0 Å². The van der Waals surface area contributed by atoms with E-state index in [9.17, 15) is 13.2 Å². The topological polar surface area (TPSA) is 109 Å². The van der Waals surface area contributed by atoms with Gasteiger partial charge in [0.05, 0.1) is 11.3 Å². The zero-order valence-corrected chi connectivity index (χ0v) is 11.7. The van der Waals surface area contributed by atoms with E-state index >= 15 is 0 Å². The molecule has 7 heteroatoms. The molecular weight excluding hydrogens is 268 g/mol. The van der Waals surface area contributed by atoms with E-state index in [-0.39, 0.29) is 16.1 Å². The second-order valence-corrected chi connectivity index (χ2v) is 6.37. The molecule has 0 aliphatic heterocycles. The molecule has 0 unspecified atom stereocenters. The molecule has 0 fully saturated rings. The fourth-order valence-electron chi connectivity index (χ4n) is 1.49. The molecule has 0 saturated heterocycles. The summed E-state index contributed by atoms with van der Waals surface area (Å²) in [5, 5.41) is 8.78. The Morgan fingerprint density at radius 1 is 1.42 bits per heavy atom. The number of rotatable bonds is 6. The molecule has 0 aliphatic carbocycles. The number of carbonyl (C=O) groups is 1. The molecule has 1 aromatic carbocycles. The van der Waals surface area contributed by atoms with Crippen LogP contribution in [0.15, 0.2) is 23.1 Å². The van der Waals surface area contributed by atoms with Crippen LogP contribution in [0.5, 0.6) is 0 Å². The molecule has 0 saturated carbocycles. The Kier molecular flexibility index (Phi) is 4.90. The van der Waals surface area contributed by atoms with Crippen LogP contribution in [0.2, 0.25) is 0 Å². The molecule has 1 aromatic rings. The van der Waals surface area contributed by atoms with Gasteiger partial charge < -0.3 is 10.8 Å². The Labute approximate surface area is 112 Å². The standard InChI is InChI=1S/C12H18N2O4S/c1-8(2)5-6-14-19(17,18)11-4-3-9(12(15)16)7-10(11)13/h3-4,7-8,14H,5-6,13H2,1-2H3,(H,15,16). The van der Waals surface area contributed by atoms with E-state index in [4.69, 9.17) is 10.8 Å². The molecule has 6 nitrogen and oxygen atoms in total. The van der Waals surface area contributed by atoms with Crippen molar-refractivity contribution in [3.8, 4) is 0 Å². The first-order valence-electron chi connectivity index (χ1n) is 5.86. The Hall–Kier alpha value is -1.60. The predicted octanol–water partition coefficient (Wildman–Crippen LogP) is 1.29. The second-order valence-electron chi connectivity index (χ2n) is 4.64. The van der Waals surface area contributed by atoms with E-state index in [1.54, 1.807) is 0 Å². The van der Waals surface area contributed by atoms with Crippen molar-refractivity contribution in [3.63, 3.8) is 0 Å². The molecule has 4 N–H and O–H groups in total. The number of anilines is 1. The first-order valence-corrected chi connectivity index (χ1v) is 7.35. The highest BCUT2D eigenvalue weighted by atomic mass is 32.2. The number of carboxylic acids is 1. The molecule has 1 rings (SSSR count). The number of carboxylic acid groups (broad SMARTS) is 1. The number of nitrogens with two attached hydrogens (primary N) is 1. The van der Waals surface area contributed by atoms with Crippen LogP contribution in [0, 0.1) is 5.92 Å². The lowest BCUT2D eigenvalue weighted by molar-refractivity contribution is 0.0697. The molecular formula is C12H18N2O4S. The molecule has 0 amide bonds. The maximum Gasteiger partial charge on any atom is 0.335 e. The minimum absolute atomic E-state index is 0.0429. The first-order chi connectivity index (χ1) is 8.74. The third-order valence-electron chi connectivity index (χ3n) is 2.56. The third kappa shape index (κ3) is 4.22. The third-order valence-corrected chi connectivity index (χ3v) is 4.10. The van der Waals surface area contributed by atoms with E-state index in [1.807, 2.05) is 13.8 Å². The van der Waals surface area contributed by atoms with Crippen LogP contribution in [-0.4, -0.2) is 26.0 Å². The van der Waals surface area contributed by atoms with Crippen molar-refractivity contribution in [2.24, 2.45) is 5.92 Å². The van der Waals surface area contributed by atoms with Crippen molar-refractivity contribution >= 4 is 21.7 Å². The lowest BCUT2D eigenvalue weighted by Gasteiger charge is -2.10. The van der Waals surface area contributed by atoms with Gasteiger partial charge in [0, 0.05) is 6.54 Å². The highest BCUT2D eigenvalue weighted by molar-refractivity contribution is 7.89. The van der Waals surface area contributed by atoms with Crippen LogP contribution in [0.25, 0.3) is 0 Å². The van der Waals surface area contributed by atoms with Crippen molar-refractivity contribution in [1.82, 2.24) is 4.72 Å². The average Bonchev–Trinajstić information content (AvgIpc) is 2.27. The van der Waals surface area contributed by atoms with Gasteiger partial charge in [-0.2, -0.15) is 0 Å². The van der Waals surface area contributed by atoms with Crippen LogP contribution in [0.3, 0.4) is 0 Å². The summed E-state index contributed by atoms with van der Waals surface area (Å²) in [6, 6.07) is 3.56. The van der Waals surface area contributed by atoms with Gasteiger partial charge in [0.1, 0.15) is 4.90 Å². The van der Waals surface area contributed by atoms with E-state index in [2.05, 4.69) is 4.72 Å². The Bertz CT molecular complexity index is 567. The first kappa shape index (κ1) is 15.5. The number of sulfonamides is 1. The van der Waals surface area contributed by atoms with Crippen LogP contribution >= 0.6 is 0 Å². The number of hydrogen-bond acceptors (Lipinski definition) is 4. The summed E-state index contributed by atoms with van der Waals surface area (Å²) in [5.74, 6) is -0.766. The summed E-state index contributed by atoms with van der Waals surface area (Å²) in [7, 11) is -3.70. The van der Waals surface area contributed by atoms with Crippen molar-refractivity contribution < 1.29 is 18.3 Å². The quantitative estimate of drug-likeness (QED) is 0.683. The summed E-state index contributed by atoms with van der Waals surface area (Å²) in [4.78, 5) is 10.6. The maximum absolute atomic E-state index is 12.0. The molecule has 0 spiro atoms. The smallest absolute Gasteiger partial charge is 0.335 e. The minimum Gasteiger partial charge on any atom is -0.478 e. The fourth-order valence-corrected chi connectivity index (χ4v) is 2.64. The van der Waals surface area contributed by atoms with Gasteiger partial charge in [-0.25, -0.2) is 17.9 Å². The number of nitrogen functional groups attached to an aromatic ring is 1. The Balaban J connectivity index is 2.93. The zero-order chi connectivity index (χ0) is 14.6. The molecule has 0 heterocycles. The normalized spacial score (nSPS) is 11.7. The van der Waals surface area contributed by atoms with Crippen molar-refractivity contribution in [2.45, 2.75) is 25.2 Å². The summed E-state index contributed by atoms with van der Waals surface area (Å²) in [6.45, 7) is 4.30. The number of hydrogen-bond donors (Lipinski definition) is 3. The molecule has 19 heavy (non-hydrogen) atoms. The molecule has 0 aliphatic rings. The molecule has 0 atom stereocenters. The van der Waals surface area contributed by atoms with Gasteiger partial charge in [-0.05, 0) is 30.5 Å². The number of nitrogens with one attached hydrogen (secondary N) is 1. The van der Waals surface area contributed by atoms with E-state index in [0.29, 0.717) is 18.9 Å². The summed E-state index contributed by atoms with van der Waals surface area (Å²) in [6.07, 6.45) is 0.715. The van der Waals surface area contributed by atoms with Gasteiger partial charge in [0.2, 0.25) is 10.0 Å². The lowest BCUT2D eigenvalue weighted by Crippen LogP contribution is -2.26. The monoisotopic (exact) mass is 286 g/mol. The number of benzene rings is 1. The summed E-state index contributed by atoms with van der Waals surface area (Å²) >= 11 is 0. The lowest BCUT2D eigenvalue weighted by atomic mass is 10.1. The van der Waals surface area contributed by atoms with Crippen molar-refractivity contribution in [1.29, 1.82) is 0 Å². The molecule has 106 valence electrons. The fraction of sp³-hybridized carbons (Fsp3) is 0.417. The van der Waals surface area contributed by atoms with E-state index in [1.165, 1.54) is 12.1 Å². The van der Waals surface area contributed by atoms with Gasteiger partial charge in [0.15, 0.2) is 0 Å². The zero-order valence-electron chi connectivity index (χ0n) is 10.9. The molecule has 0 bridgehead atoms. The van der Waals surface area contributed by atoms with Gasteiger partial charge in [-0.1, -0.05) is 13.8 Å². The van der Waals surface area contributed by atoms with Crippen LogP contribution < -0.4 is 10.5 Å². The van der Waals surface area contributed by atoms with Crippen molar-refractivity contribution in [3.05, 3.63) is 23.8 Å². The van der Waals surface area contributed by atoms with E-state index in [0.717, 1.165) is 6.07 Å². The Morgan fingerprint density at radius 2 is 2.05 bits per heavy atom. The van der Waals surface area contributed by atoms with Crippen LogP contribution in [0.4, 0.5) is 5.69 Å². The highest BCUT2D eigenvalue weighted by Gasteiger charge is 2.18. The highest BCUT2D eigenvalue weighted by Crippen LogP contribution is 2.19. The summed E-state index contributed by atoms with van der Waals surface area (Å²) in [5.41, 5.74) is 5.48. The Morgan fingerprint density at radius 3 is 2.53 bits per heavy atom. The molecule has 0 aromatic heterocycles. The SMILES string of the molecule is CC(C)CCNS(=O)(=O)c1ccc(C(=O)O)cc1N. The van der Waals surface area contributed by atoms with Gasteiger partial charge >= 0.3 is 5.97 Å². The van der Waals surface area contributed by atoms with Gasteiger partial charge in [0.25, 0.3) is 0 Å². The maximum atomic E-state index is 12.0. The van der Waals surface area contributed by atoms with E-state index < -0.39 is 16.0 Å². The average molecular weight is 286 g/mol. The summed E-state index contributed by atoms with van der Waals surface area (Å²) < 4.78 is 26.4. The predicted molar refractivity (Wildman–Crippen MR) is 72.5 cm³/mol. The van der Waals surface area contributed by atoms with Gasteiger partial charge in [-0.3, -0.25) is 0 Å². The second kappa shape index (κ2) is 6.03.